The second kappa shape index (κ2) is 7.34. The zero-order valence-electron chi connectivity index (χ0n) is 14.7. The average molecular weight is 333 g/mol. The Balaban J connectivity index is 2.28. The standard InChI is InChI=1S/C19H27NO4/c1-18(2,3)24-17(22)19(20,14-10-6-4-7-11-14)16(21)23-15-12-8-5-9-13-15/h4,6-7,10-11,15H,5,8-9,12-13,20H2,1-3H3. The Kier molecular flexibility index (Phi) is 5.65. The molecule has 2 N–H and O–H groups in total. The molecule has 2 rings (SSSR count). The van der Waals surface area contributed by atoms with Gasteiger partial charge in [-0.05, 0) is 52.0 Å². The Bertz CT molecular complexity index is 573. The highest BCUT2D eigenvalue weighted by molar-refractivity contribution is 6.05. The summed E-state index contributed by atoms with van der Waals surface area (Å²) in [5.41, 5.74) is 3.96. The van der Waals surface area contributed by atoms with Gasteiger partial charge in [0.15, 0.2) is 0 Å². The maximum Gasteiger partial charge on any atom is 0.343 e. The van der Waals surface area contributed by atoms with E-state index >= 15 is 0 Å². The molecule has 1 aromatic rings. The predicted molar refractivity (Wildman–Crippen MR) is 91.1 cm³/mol. The summed E-state index contributed by atoms with van der Waals surface area (Å²) in [5.74, 6) is -1.53. The summed E-state index contributed by atoms with van der Waals surface area (Å²) in [7, 11) is 0. The quantitative estimate of drug-likeness (QED) is 0.677. The Labute approximate surface area is 143 Å². The van der Waals surface area contributed by atoms with Crippen molar-refractivity contribution in [3.05, 3.63) is 35.9 Å². The summed E-state index contributed by atoms with van der Waals surface area (Å²) in [6, 6.07) is 8.55. The predicted octanol–water partition coefficient (Wildman–Crippen LogP) is 3.06. The zero-order valence-corrected chi connectivity index (χ0v) is 14.7. The molecule has 1 aliphatic carbocycles. The van der Waals surface area contributed by atoms with E-state index in [1.165, 1.54) is 0 Å². The van der Waals surface area contributed by atoms with Crippen molar-refractivity contribution >= 4 is 11.9 Å². The Morgan fingerprint density at radius 1 is 1.00 bits per heavy atom. The molecule has 1 atom stereocenters. The molecule has 24 heavy (non-hydrogen) atoms. The molecule has 132 valence electrons. The number of benzene rings is 1. The van der Waals surface area contributed by atoms with Gasteiger partial charge >= 0.3 is 11.9 Å². The van der Waals surface area contributed by atoms with Crippen molar-refractivity contribution in [2.75, 3.05) is 0 Å². The lowest BCUT2D eigenvalue weighted by atomic mass is 9.90. The highest BCUT2D eigenvalue weighted by Gasteiger charge is 2.49. The fourth-order valence-corrected chi connectivity index (χ4v) is 2.81. The lowest BCUT2D eigenvalue weighted by Crippen LogP contribution is -2.55. The van der Waals surface area contributed by atoms with E-state index in [9.17, 15) is 9.59 Å². The van der Waals surface area contributed by atoms with Gasteiger partial charge in [0.1, 0.15) is 11.7 Å². The third kappa shape index (κ3) is 4.35. The van der Waals surface area contributed by atoms with Crippen LogP contribution in [0.3, 0.4) is 0 Å². The molecule has 1 aromatic carbocycles. The summed E-state index contributed by atoms with van der Waals surface area (Å²) in [5, 5.41) is 0. The second-order valence-electron chi connectivity index (χ2n) is 7.34. The minimum absolute atomic E-state index is 0.180. The molecule has 0 heterocycles. The van der Waals surface area contributed by atoms with Gasteiger partial charge in [0.2, 0.25) is 5.54 Å². The van der Waals surface area contributed by atoms with Crippen molar-refractivity contribution in [2.45, 2.75) is 70.1 Å². The van der Waals surface area contributed by atoms with Crippen LogP contribution in [0.1, 0.15) is 58.4 Å². The molecular formula is C19H27NO4. The van der Waals surface area contributed by atoms with Gasteiger partial charge < -0.3 is 15.2 Å². The molecule has 1 saturated carbocycles. The molecule has 0 amide bonds. The molecule has 0 aliphatic heterocycles. The second-order valence-corrected chi connectivity index (χ2v) is 7.34. The minimum Gasteiger partial charge on any atom is -0.460 e. The van der Waals surface area contributed by atoms with Gasteiger partial charge in [0.25, 0.3) is 0 Å². The average Bonchev–Trinajstić information content (AvgIpc) is 2.54. The molecule has 0 radical (unpaired) electrons. The van der Waals surface area contributed by atoms with Crippen molar-refractivity contribution in [3.63, 3.8) is 0 Å². The van der Waals surface area contributed by atoms with Gasteiger partial charge in [-0.3, -0.25) is 0 Å². The number of esters is 2. The molecule has 5 nitrogen and oxygen atoms in total. The maximum absolute atomic E-state index is 12.8. The van der Waals surface area contributed by atoms with E-state index in [4.69, 9.17) is 15.2 Å². The van der Waals surface area contributed by atoms with Crippen LogP contribution in [0, 0.1) is 0 Å². The fraction of sp³-hybridized carbons (Fsp3) is 0.579. The zero-order chi connectivity index (χ0) is 17.8. The van der Waals surface area contributed by atoms with Crippen molar-refractivity contribution in [3.8, 4) is 0 Å². The number of carbonyl (C=O) groups excluding carboxylic acids is 2. The Morgan fingerprint density at radius 2 is 1.58 bits per heavy atom. The molecule has 0 aromatic heterocycles. The molecule has 5 heteroatoms. The number of ether oxygens (including phenoxy) is 2. The summed E-state index contributed by atoms with van der Waals surface area (Å²) in [6.07, 6.45) is 4.63. The van der Waals surface area contributed by atoms with E-state index < -0.39 is 23.1 Å². The van der Waals surface area contributed by atoms with Crippen molar-refractivity contribution in [1.82, 2.24) is 0 Å². The van der Waals surface area contributed by atoms with Gasteiger partial charge in [-0.2, -0.15) is 0 Å². The van der Waals surface area contributed by atoms with E-state index in [2.05, 4.69) is 0 Å². The SMILES string of the molecule is CC(C)(C)OC(=O)C(N)(C(=O)OC1CCCCC1)c1ccccc1. The van der Waals surface area contributed by atoms with Gasteiger partial charge in [-0.25, -0.2) is 9.59 Å². The molecule has 0 spiro atoms. The van der Waals surface area contributed by atoms with Crippen molar-refractivity contribution < 1.29 is 19.1 Å². The third-order valence-corrected chi connectivity index (χ3v) is 4.10. The topological polar surface area (TPSA) is 78.6 Å². The number of carbonyl (C=O) groups is 2. The van der Waals surface area contributed by atoms with E-state index in [-0.39, 0.29) is 6.10 Å². The normalized spacial score (nSPS) is 18.5. The third-order valence-electron chi connectivity index (χ3n) is 4.10. The van der Waals surface area contributed by atoms with Crippen LogP contribution in [-0.4, -0.2) is 23.6 Å². The van der Waals surface area contributed by atoms with E-state index in [1.807, 2.05) is 0 Å². The van der Waals surface area contributed by atoms with Crippen LogP contribution in [-0.2, 0) is 24.6 Å². The molecule has 0 saturated heterocycles. The van der Waals surface area contributed by atoms with Crippen molar-refractivity contribution in [2.24, 2.45) is 5.73 Å². The molecular weight excluding hydrogens is 306 g/mol. The largest absolute Gasteiger partial charge is 0.460 e. The summed E-state index contributed by atoms with van der Waals surface area (Å²) >= 11 is 0. The first-order valence-corrected chi connectivity index (χ1v) is 8.52. The Morgan fingerprint density at radius 3 is 2.12 bits per heavy atom. The number of hydrogen-bond donors (Lipinski definition) is 1. The van der Waals surface area contributed by atoms with E-state index in [0.717, 1.165) is 32.1 Å². The van der Waals surface area contributed by atoms with Crippen LogP contribution < -0.4 is 5.73 Å². The molecule has 1 aliphatic rings. The number of hydrogen-bond acceptors (Lipinski definition) is 5. The first-order chi connectivity index (χ1) is 11.2. The first-order valence-electron chi connectivity index (χ1n) is 8.52. The summed E-state index contributed by atoms with van der Waals surface area (Å²) in [4.78, 5) is 25.5. The molecule has 0 bridgehead atoms. The smallest absolute Gasteiger partial charge is 0.343 e. The number of nitrogens with two attached hydrogens (primary N) is 1. The van der Waals surface area contributed by atoms with Crippen LogP contribution in [0.4, 0.5) is 0 Å². The maximum atomic E-state index is 12.8. The lowest BCUT2D eigenvalue weighted by Gasteiger charge is -2.32. The van der Waals surface area contributed by atoms with Gasteiger partial charge in [0, 0.05) is 0 Å². The van der Waals surface area contributed by atoms with E-state index in [0.29, 0.717) is 5.56 Å². The van der Waals surface area contributed by atoms with Crippen LogP contribution in [0.25, 0.3) is 0 Å². The Hall–Kier alpha value is -1.88. The van der Waals surface area contributed by atoms with Gasteiger partial charge in [-0.15, -0.1) is 0 Å². The van der Waals surface area contributed by atoms with Crippen LogP contribution in [0.5, 0.6) is 0 Å². The molecule has 1 unspecified atom stereocenters. The highest BCUT2D eigenvalue weighted by atomic mass is 16.6. The first kappa shape index (κ1) is 18.5. The summed E-state index contributed by atoms with van der Waals surface area (Å²) in [6.45, 7) is 5.22. The van der Waals surface area contributed by atoms with Crippen molar-refractivity contribution in [1.29, 1.82) is 0 Å². The van der Waals surface area contributed by atoms with Gasteiger partial charge in [-0.1, -0.05) is 36.8 Å². The molecule has 1 fully saturated rings. The van der Waals surface area contributed by atoms with Crippen LogP contribution >= 0.6 is 0 Å². The monoisotopic (exact) mass is 333 g/mol. The van der Waals surface area contributed by atoms with E-state index in [1.54, 1.807) is 51.1 Å². The minimum atomic E-state index is -1.95. The fourth-order valence-electron chi connectivity index (χ4n) is 2.81. The highest BCUT2D eigenvalue weighted by Crippen LogP contribution is 2.28. The number of rotatable bonds is 4. The van der Waals surface area contributed by atoms with Crippen LogP contribution in [0.2, 0.25) is 0 Å². The summed E-state index contributed by atoms with van der Waals surface area (Å²) < 4.78 is 11.0. The lowest BCUT2D eigenvalue weighted by molar-refractivity contribution is -0.175. The van der Waals surface area contributed by atoms with Crippen LogP contribution in [0.15, 0.2) is 30.3 Å². The van der Waals surface area contributed by atoms with Gasteiger partial charge in [0.05, 0.1) is 0 Å².